The van der Waals surface area contributed by atoms with Crippen LogP contribution in [-0.4, -0.2) is 38.1 Å². The van der Waals surface area contributed by atoms with E-state index >= 15 is 4.39 Å². The zero-order valence-electron chi connectivity index (χ0n) is 17.1. The van der Waals surface area contributed by atoms with Gasteiger partial charge in [-0.1, -0.05) is 35.3 Å². The maximum absolute atomic E-state index is 15.3. The minimum absolute atomic E-state index is 0.00987. The molecule has 0 aliphatic rings. The number of fused-ring (bicyclic) bond motifs is 1. The van der Waals surface area contributed by atoms with Crippen molar-refractivity contribution in [1.29, 1.82) is 0 Å². The Morgan fingerprint density at radius 2 is 1.97 bits per heavy atom. The van der Waals surface area contributed by atoms with Gasteiger partial charge in [-0.3, -0.25) is 4.79 Å². The van der Waals surface area contributed by atoms with Gasteiger partial charge >= 0.3 is 0 Å². The molecule has 4 aromatic rings. The van der Waals surface area contributed by atoms with Crippen molar-refractivity contribution in [3.63, 3.8) is 0 Å². The molecule has 0 bridgehead atoms. The van der Waals surface area contributed by atoms with Crippen molar-refractivity contribution in [1.82, 2.24) is 19.9 Å². The second-order valence-corrected chi connectivity index (χ2v) is 8.22. The van der Waals surface area contributed by atoms with Gasteiger partial charge in [0.15, 0.2) is 5.65 Å². The monoisotopic (exact) mass is 509 g/mol. The van der Waals surface area contributed by atoms with Crippen LogP contribution in [0.2, 0.25) is 10.0 Å². The van der Waals surface area contributed by atoms with Gasteiger partial charge in [0.05, 0.1) is 17.1 Å². The molecular weight excluding hydrogens is 494 g/mol. The van der Waals surface area contributed by atoms with E-state index in [1.54, 1.807) is 0 Å². The van der Waals surface area contributed by atoms with E-state index in [-0.39, 0.29) is 27.1 Å². The highest BCUT2D eigenvalue weighted by Gasteiger charge is 2.40. The molecule has 0 saturated carbocycles. The van der Waals surface area contributed by atoms with Crippen LogP contribution in [0, 0.1) is 5.82 Å². The van der Waals surface area contributed by atoms with E-state index in [1.807, 2.05) is 5.32 Å². The summed E-state index contributed by atoms with van der Waals surface area (Å²) in [7, 11) is 0. The summed E-state index contributed by atoms with van der Waals surface area (Å²) in [5.41, 5.74) is 5.47. The maximum Gasteiger partial charge on any atom is 0.294 e. The fraction of sp³-hybridized carbons (Fsp3) is 0.136. The number of anilines is 1. The zero-order valence-corrected chi connectivity index (χ0v) is 18.7. The number of nitrogens with two attached hydrogens (primary N) is 1. The highest BCUT2D eigenvalue weighted by atomic mass is 35.5. The Balaban J connectivity index is 1.58. The largest absolute Gasteiger partial charge is 0.382 e. The van der Waals surface area contributed by atoms with Crippen molar-refractivity contribution < 1.29 is 23.1 Å². The molecule has 1 atom stereocenters. The van der Waals surface area contributed by atoms with Gasteiger partial charge in [0.2, 0.25) is 5.95 Å². The summed E-state index contributed by atoms with van der Waals surface area (Å²) in [6.45, 7) is -1.27. The number of amides is 1. The third kappa shape index (κ3) is 4.65. The highest BCUT2D eigenvalue weighted by Crippen LogP contribution is 2.33. The number of hydrogen-bond acceptors (Lipinski definition) is 5. The average molecular weight is 510 g/mol. The SMILES string of the molecule is Nc1nc2cc(-c3ccc(Cl)c(C(=O)NCC(F)(F)C(O)c4cccc(Cl)c4)c3F)ccn2n1. The molecule has 1 amide bonds. The van der Waals surface area contributed by atoms with E-state index < -0.39 is 35.9 Å². The topological polar surface area (TPSA) is 106 Å². The Kier molecular flexibility index (Phi) is 6.39. The minimum Gasteiger partial charge on any atom is -0.382 e. The fourth-order valence-corrected chi connectivity index (χ4v) is 3.78. The number of pyridine rings is 1. The van der Waals surface area contributed by atoms with E-state index in [0.717, 1.165) is 0 Å². The van der Waals surface area contributed by atoms with Crippen LogP contribution in [0.5, 0.6) is 0 Å². The Morgan fingerprint density at radius 1 is 1.21 bits per heavy atom. The smallest absolute Gasteiger partial charge is 0.294 e. The van der Waals surface area contributed by atoms with Gasteiger partial charge in [-0.05, 0) is 47.5 Å². The van der Waals surface area contributed by atoms with Crippen LogP contribution >= 0.6 is 23.2 Å². The highest BCUT2D eigenvalue weighted by molar-refractivity contribution is 6.34. The number of alkyl halides is 2. The number of nitrogens with zero attached hydrogens (tertiary/aromatic N) is 3. The standard InChI is InChI=1S/C22H16Cl2F3N5O2/c23-13-3-1-2-12(8-13)19(33)22(26,27)10-29-20(34)17-15(24)5-4-14(18(17)25)11-6-7-32-16(9-11)30-21(28)31-32/h1-9,19,33H,10H2,(H2,28,31)(H,29,34). The molecular formula is C22H16Cl2F3N5O2. The van der Waals surface area contributed by atoms with E-state index in [2.05, 4.69) is 10.1 Å². The summed E-state index contributed by atoms with van der Waals surface area (Å²) in [5.74, 6) is -5.94. The van der Waals surface area contributed by atoms with Crippen molar-refractivity contribution in [2.45, 2.75) is 12.0 Å². The lowest BCUT2D eigenvalue weighted by molar-refractivity contribution is -0.106. The van der Waals surface area contributed by atoms with Crippen molar-refractivity contribution in [2.24, 2.45) is 0 Å². The van der Waals surface area contributed by atoms with Gasteiger partial charge in [-0.2, -0.15) is 4.98 Å². The summed E-state index contributed by atoms with van der Waals surface area (Å²) < 4.78 is 45.8. The lowest BCUT2D eigenvalue weighted by Gasteiger charge is -2.23. The van der Waals surface area contributed by atoms with Crippen LogP contribution < -0.4 is 11.1 Å². The molecule has 2 aromatic carbocycles. The van der Waals surface area contributed by atoms with Crippen LogP contribution in [0.4, 0.5) is 19.1 Å². The van der Waals surface area contributed by atoms with Crippen LogP contribution in [-0.2, 0) is 0 Å². The third-order valence-electron chi connectivity index (χ3n) is 5.03. The van der Waals surface area contributed by atoms with Gasteiger partial charge in [0, 0.05) is 16.8 Å². The third-order valence-corrected chi connectivity index (χ3v) is 5.58. The predicted molar refractivity (Wildman–Crippen MR) is 121 cm³/mol. The lowest BCUT2D eigenvalue weighted by Crippen LogP contribution is -2.41. The van der Waals surface area contributed by atoms with E-state index in [0.29, 0.717) is 11.2 Å². The number of carbonyl (C=O) groups excluding carboxylic acids is 1. The van der Waals surface area contributed by atoms with Gasteiger partial charge in [0.1, 0.15) is 11.9 Å². The molecule has 0 aliphatic heterocycles. The first kappa shape index (κ1) is 23.8. The number of nitrogens with one attached hydrogen (secondary N) is 1. The minimum atomic E-state index is -3.78. The number of rotatable bonds is 6. The van der Waals surface area contributed by atoms with Crippen molar-refractivity contribution in [3.8, 4) is 11.1 Å². The first-order chi connectivity index (χ1) is 16.1. The first-order valence-electron chi connectivity index (χ1n) is 9.76. The number of halogens is 5. The van der Waals surface area contributed by atoms with E-state index in [1.165, 1.54) is 59.2 Å². The number of aliphatic hydroxyl groups is 1. The van der Waals surface area contributed by atoms with Crippen molar-refractivity contribution in [2.75, 3.05) is 12.3 Å². The normalized spacial score (nSPS) is 12.6. The van der Waals surface area contributed by atoms with Crippen LogP contribution in [0.25, 0.3) is 16.8 Å². The van der Waals surface area contributed by atoms with Gasteiger partial charge < -0.3 is 16.2 Å². The average Bonchev–Trinajstić information content (AvgIpc) is 3.16. The molecule has 0 saturated heterocycles. The number of aromatic nitrogens is 3. The number of carbonyl (C=O) groups is 1. The fourth-order valence-electron chi connectivity index (χ4n) is 3.35. The van der Waals surface area contributed by atoms with Gasteiger partial charge in [-0.15, -0.1) is 5.10 Å². The zero-order chi connectivity index (χ0) is 24.6. The molecule has 0 aliphatic carbocycles. The molecule has 0 fully saturated rings. The molecule has 176 valence electrons. The number of benzene rings is 2. The Morgan fingerprint density at radius 3 is 2.71 bits per heavy atom. The Bertz CT molecular complexity index is 1400. The molecule has 2 heterocycles. The molecule has 7 nitrogen and oxygen atoms in total. The maximum atomic E-state index is 15.3. The lowest BCUT2D eigenvalue weighted by atomic mass is 10.0. The number of nitrogen functional groups attached to an aromatic ring is 1. The molecule has 4 N–H and O–H groups in total. The predicted octanol–water partition coefficient (Wildman–Crippen LogP) is 4.52. The molecule has 4 rings (SSSR count). The second-order valence-electron chi connectivity index (χ2n) is 7.37. The van der Waals surface area contributed by atoms with E-state index in [9.17, 15) is 18.7 Å². The summed E-state index contributed by atoms with van der Waals surface area (Å²) in [5, 5.41) is 15.8. The van der Waals surface area contributed by atoms with Crippen molar-refractivity contribution >= 4 is 40.7 Å². The molecule has 12 heteroatoms. The molecule has 34 heavy (non-hydrogen) atoms. The molecule has 0 spiro atoms. The van der Waals surface area contributed by atoms with Gasteiger partial charge in [-0.25, -0.2) is 17.7 Å². The number of aliphatic hydroxyl groups excluding tert-OH is 1. The van der Waals surface area contributed by atoms with E-state index in [4.69, 9.17) is 28.9 Å². The molecule has 0 radical (unpaired) electrons. The van der Waals surface area contributed by atoms with Gasteiger partial charge in [0.25, 0.3) is 11.8 Å². The van der Waals surface area contributed by atoms with Crippen LogP contribution in [0.1, 0.15) is 22.0 Å². The summed E-state index contributed by atoms with van der Waals surface area (Å²) in [6, 6.07) is 11.0. The quantitative estimate of drug-likeness (QED) is 0.354. The summed E-state index contributed by atoms with van der Waals surface area (Å²) in [4.78, 5) is 16.6. The van der Waals surface area contributed by atoms with Crippen LogP contribution in [0.15, 0.2) is 54.7 Å². The first-order valence-corrected chi connectivity index (χ1v) is 10.5. The summed E-state index contributed by atoms with van der Waals surface area (Å²) in [6.07, 6.45) is -0.750. The Labute approximate surface area is 200 Å². The summed E-state index contributed by atoms with van der Waals surface area (Å²) >= 11 is 11.8. The Hall–Kier alpha value is -3.34. The molecule has 2 aromatic heterocycles. The molecule has 1 unspecified atom stereocenters. The number of hydrogen-bond donors (Lipinski definition) is 3. The van der Waals surface area contributed by atoms with Crippen LogP contribution in [0.3, 0.4) is 0 Å². The van der Waals surface area contributed by atoms with Crippen molar-refractivity contribution in [3.05, 3.63) is 81.7 Å². The second kappa shape index (κ2) is 9.13.